The maximum absolute atomic E-state index is 10.8. The number of rotatable bonds is 3. The molecule has 1 N–H and O–H groups in total. The summed E-state index contributed by atoms with van der Waals surface area (Å²) in [5.74, 6) is -0.766. The van der Waals surface area contributed by atoms with E-state index in [-0.39, 0.29) is 17.3 Å². The Balaban J connectivity index is 2.27. The first-order chi connectivity index (χ1) is 10.8. The van der Waals surface area contributed by atoms with E-state index < -0.39 is 5.79 Å². The second kappa shape index (κ2) is 5.32. The summed E-state index contributed by atoms with van der Waals surface area (Å²) in [6, 6.07) is 10.9. The highest BCUT2D eigenvalue weighted by atomic mass is 16.6. The molecular weight excluding hydrogens is 284 g/mol. The van der Waals surface area contributed by atoms with Crippen molar-refractivity contribution in [1.29, 1.82) is 0 Å². The number of aryl methyl sites for hydroxylation is 1. The van der Waals surface area contributed by atoms with Crippen molar-refractivity contribution in [2.75, 3.05) is 7.11 Å². The molecule has 1 fully saturated rings. The average Bonchev–Trinajstić information content (AvgIpc) is 3.10. The van der Waals surface area contributed by atoms with Crippen LogP contribution in [-0.4, -0.2) is 18.0 Å². The molecule has 3 unspecified atom stereocenters. The van der Waals surface area contributed by atoms with Crippen LogP contribution in [0.15, 0.2) is 30.3 Å². The van der Waals surface area contributed by atoms with E-state index in [1.165, 1.54) is 27.5 Å². The molecule has 2 aromatic rings. The highest BCUT2D eigenvalue weighted by Crippen LogP contribution is 2.61. The van der Waals surface area contributed by atoms with Crippen LogP contribution in [0, 0.1) is 12.8 Å². The second-order valence-electron chi connectivity index (χ2n) is 7.90. The number of hydrogen-bond acceptors (Lipinski definition) is 2. The van der Waals surface area contributed by atoms with Gasteiger partial charge in [0.1, 0.15) is 0 Å². The van der Waals surface area contributed by atoms with Crippen LogP contribution in [0.25, 0.3) is 10.8 Å². The standard InChI is InChI=1S/C21H28O2/c1-7-16-19(21(16,22)23-6)18-13(2)12-17(20(3,4)5)14-10-8-9-11-15(14)18/h8-12,16,19,22H,7H2,1-6H3. The van der Waals surface area contributed by atoms with Gasteiger partial charge in [0.2, 0.25) is 0 Å². The lowest BCUT2D eigenvalue weighted by Gasteiger charge is -2.24. The molecule has 0 saturated heterocycles. The van der Waals surface area contributed by atoms with Crippen molar-refractivity contribution in [3.05, 3.63) is 47.0 Å². The topological polar surface area (TPSA) is 29.5 Å². The van der Waals surface area contributed by atoms with Gasteiger partial charge in [0.25, 0.3) is 0 Å². The number of benzene rings is 2. The highest BCUT2D eigenvalue weighted by Gasteiger charge is 2.65. The maximum Gasteiger partial charge on any atom is 0.176 e. The summed E-state index contributed by atoms with van der Waals surface area (Å²) >= 11 is 0. The van der Waals surface area contributed by atoms with E-state index in [1.807, 2.05) is 0 Å². The first-order valence-electron chi connectivity index (χ1n) is 8.56. The molecule has 0 radical (unpaired) electrons. The molecule has 1 aliphatic rings. The van der Waals surface area contributed by atoms with E-state index in [9.17, 15) is 5.11 Å². The predicted octanol–water partition coefficient (Wildman–Crippen LogP) is 4.90. The maximum atomic E-state index is 10.8. The fraction of sp³-hybridized carbons (Fsp3) is 0.524. The van der Waals surface area contributed by atoms with Gasteiger partial charge in [-0.25, -0.2) is 0 Å². The Hall–Kier alpha value is -1.38. The second-order valence-corrected chi connectivity index (χ2v) is 7.90. The van der Waals surface area contributed by atoms with Gasteiger partial charge in [-0.05, 0) is 46.2 Å². The summed E-state index contributed by atoms with van der Waals surface area (Å²) in [6.45, 7) is 11.1. The van der Waals surface area contributed by atoms with Crippen LogP contribution in [0.5, 0.6) is 0 Å². The van der Waals surface area contributed by atoms with Gasteiger partial charge >= 0.3 is 0 Å². The van der Waals surface area contributed by atoms with Crippen LogP contribution in [0.3, 0.4) is 0 Å². The Morgan fingerprint density at radius 2 is 1.78 bits per heavy atom. The molecule has 23 heavy (non-hydrogen) atoms. The largest absolute Gasteiger partial charge is 0.365 e. The van der Waals surface area contributed by atoms with Gasteiger partial charge in [-0.1, -0.05) is 58.0 Å². The fourth-order valence-electron chi connectivity index (χ4n) is 4.20. The Kier molecular flexibility index (Phi) is 3.81. The van der Waals surface area contributed by atoms with E-state index >= 15 is 0 Å². The molecule has 2 aromatic carbocycles. The van der Waals surface area contributed by atoms with Gasteiger partial charge in [-0.15, -0.1) is 0 Å². The zero-order valence-electron chi connectivity index (χ0n) is 15.1. The van der Waals surface area contributed by atoms with Gasteiger partial charge < -0.3 is 9.84 Å². The van der Waals surface area contributed by atoms with Crippen molar-refractivity contribution in [3.8, 4) is 0 Å². The van der Waals surface area contributed by atoms with Gasteiger partial charge in [0.15, 0.2) is 5.79 Å². The van der Waals surface area contributed by atoms with Gasteiger partial charge in [-0.3, -0.25) is 0 Å². The van der Waals surface area contributed by atoms with Gasteiger partial charge in [0.05, 0.1) is 0 Å². The van der Waals surface area contributed by atoms with Crippen molar-refractivity contribution in [2.45, 2.75) is 58.2 Å². The van der Waals surface area contributed by atoms with Crippen LogP contribution in [0.1, 0.15) is 56.7 Å². The molecule has 2 heteroatoms. The first kappa shape index (κ1) is 16.5. The normalized spacial score (nSPS) is 27.4. The van der Waals surface area contributed by atoms with Crippen molar-refractivity contribution in [3.63, 3.8) is 0 Å². The Morgan fingerprint density at radius 1 is 1.17 bits per heavy atom. The third kappa shape index (κ3) is 2.40. The zero-order valence-corrected chi connectivity index (χ0v) is 15.1. The molecule has 1 saturated carbocycles. The van der Waals surface area contributed by atoms with Crippen LogP contribution >= 0.6 is 0 Å². The SMILES string of the molecule is CCC1C(c2c(C)cc(C(C)(C)C)c3ccccc23)C1(O)OC. The Labute approximate surface area is 139 Å². The summed E-state index contributed by atoms with van der Waals surface area (Å²) in [6.07, 6.45) is 0.920. The molecule has 0 aliphatic heterocycles. The van der Waals surface area contributed by atoms with E-state index in [2.05, 4.69) is 65.0 Å². The summed E-state index contributed by atoms with van der Waals surface area (Å²) in [5.41, 5.74) is 3.97. The third-order valence-electron chi connectivity index (χ3n) is 5.45. The highest BCUT2D eigenvalue weighted by molar-refractivity contribution is 5.91. The molecule has 124 valence electrons. The summed E-state index contributed by atoms with van der Waals surface area (Å²) < 4.78 is 5.48. The molecule has 0 heterocycles. The summed E-state index contributed by atoms with van der Waals surface area (Å²) in [4.78, 5) is 0. The number of aliphatic hydroxyl groups is 1. The minimum atomic E-state index is -1.01. The minimum Gasteiger partial charge on any atom is -0.365 e. The zero-order chi connectivity index (χ0) is 17.0. The Bertz CT molecular complexity index is 741. The minimum absolute atomic E-state index is 0.0661. The average molecular weight is 312 g/mol. The third-order valence-corrected chi connectivity index (χ3v) is 5.45. The van der Waals surface area contributed by atoms with E-state index in [0.29, 0.717) is 0 Å². The fourth-order valence-corrected chi connectivity index (χ4v) is 4.20. The molecule has 0 bridgehead atoms. The van der Waals surface area contributed by atoms with Crippen LogP contribution in [0.2, 0.25) is 0 Å². The van der Waals surface area contributed by atoms with Crippen molar-refractivity contribution in [2.24, 2.45) is 5.92 Å². The molecule has 3 atom stereocenters. The van der Waals surface area contributed by atoms with Crippen molar-refractivity contribution in [1.82, 2.24) is 0 Å². The first-order valence-corrected chi connectivity index (χ1v) is 8.56. The lowest BCUT2D eigenvalue weighted by Crippen LogP contribution is -2.16. The van der Waals surface area contributed by atoms with E-state index in [4.69, 9.17) is 4.74 Å². The van der Waals surface area contributed by atoms with Gasteiger partial charge in [-0.2, -0.15) is 0 Å². The predicted molar refractivity (Wildman–Crippen MR) is 95.9 cm³/mol. The number of ether oxygens (including phenoxy) is 1. The monoisotopic (exact) mass is 312 g/mol. The molecule has 0 spiro atoms. The van der Waals surface area contributed by atoms with Crippen molar-refractivity contribution < 1.29 is 9.84 Å². The van der Waals surface area contributed by atoms with Gasteiger partial charge in [0, 0.05) is 18.9 Å². The number of fused-ring (bicyclic) bond motifs is 1. The molecule has 0 amide bonds. The quantitative estimate of drug-likeness (QED) is 0.816. The lowest BCUT2D eigenvalue weighted by molar-refractivity contribution is -0.117. The molecule has 1 aliphatic carbocycles. The van der Waals surface area contributed by atoms with E-state index in [1.54, 1.807) is 7.11 Å². The number of methoxy groups -OCH3 is 1. The summed E-state index contributed by atoms with van der Waals surface area (Å²) in [7, 11) is 1.61. The van der Waals surface area contributed by atoms with E-state index in [0.717, 1.165) is 6.42 Å². The Morgan fingerprint density at radius 3 is 2.26 bits per heavy atom. The summed E-state index contributed by atoms with van der Waals surface area (Å²) in [5, 5.41) is 13.4. The molecule has 0 aromatic heterocycles. The van der Waals surface area contributed by atoms with Crippen LogP contribution < -0.4 is 0 Å². The lowest BCUT2D eigenvalue weighted by atomic mass is 9.80. The van der Waals surface area contributed by atoms with Crippen molar-refractivity contribution >= 4 is 10.8 Å². The van der Waals surface area contributed by atoms with Crippen LogP contribution in [-0.2, 0) is 10.2 Å². The number of hydrogen-bond donors (Lipinski definition) is 1. The molecular formula is C21H28O2. The molecule has 2 nitrogen and oxygen atoms in total. The molecule has 3 rings (SSSR count). The smallest absolute Gasteiger partial charge is 0.176 e. The van der Waals surface area contributed by atoms with Crippen LogP contribution in [0.4, 0.5) is 0 Å².